The van der Waals surface area contributed by atoms with Crippen molar-refractivity contribution >= 4 is 31.5 Å². The van der Waals surface area contributed by atoms with E-state index in [9.17, 15) is 10.1 Å². The number of ether oxygens (including phenoxy) is 2. The number of hydrogen-bond acceptors (Lipinski definition) is 9. The highest BCUT2D eigenvalue weighted by Gasteiger charge is 2.28. The van der Waals surface area contributed by atoms with Gasteiger partial charge in [-0.2, -0.15) is 5.26 Å². The van der Waals surface area contributed by atoms with Crippen molar-refractivity contribution in [3.63, 3.8) is 0 Å². The van der Waals surface area contributed by atoms with Crippen molar-refractivity contribution in [2.24, 2.45) is 20.0 Å². The number of allylic oxidation sites excluding steroid dienone is 8. The predicted molar refractivity (Wildman–Crippen MR) is 200 cm³/mol. The standard InChI is InChI=1S/C38H45N9O3/c1-6-10-33(25-40-4)38(48)42-18-23-50-36-17-16-31(14-15-32(36)24-39)37(44-28-41-5)45-29-43-34(11-7-2)13-9-8-12-30(3)46-19-21-47(22-20-46)35-26-49-27-35/h6-7,10-11,14,16-17,25,28,35,43H,2-5,12-13,18-23,26-27,29H2,1H3,(H,42,48)/b10-6-,33-25+,34-11+,44-28?,45-37-. The van der Waals surface area contributed by atoms with E-state index in [-0.39, 0.29) is 37.1 Å². The molecule has 2 saturated heterocycles. The summed E-state index contributed by atoms with van der Waals surface area (Å²) in [6.07, 6.45) is 15.6. The first-order valence-electron chi connectivity index (χ1n) is 16.2. The number of amidine groups is 1. The molecule has 260 valence electrons. The Hall–Kier alpha value is -5.78. The van der Waals surface area contributed by atoms with Crippen molar-refractivity contribution < 1.29 is 14.3 Å². The summed E-state index contributed by atoms with van der Waals surface area (Å²) in [4.78, 5) is 33.5. The van der Waals surface area contributed by atoms with Crippen LogP contribution in [0.4, 0.5) is 0 Å². The summed E-state index contributed by atoms with van der Waals surface area (Å²) in [5.41, 5.74) is 5.94. The molecule has 2 aliphatic heterocycles. The summed E-state index contributed by atoms with van der Waals surface area (Å²) >= 11 is 0. The smallest absolute Gasteiger partial charge is 0.252 e. The molecule has 12 nitrogen and oxygen atoms in total. The van der Waals surface area contributed by atoms with Crippen molar-refractivity contribution in [3.8, 4) is 17.9 Å². The first-order valence-corrected chi connectivity index (χ1v) is 16.2. The first kappa shape index (κ1) is 38.7. The minimum atomic E-state index is -0.320. The highest BCUT2D eigenvalue weighted by atomic mass is 16.5. The molecule has 0 saturated carbocycles. The molecule has 0 aromatic carbocycles. The Morgan fingerprint density at radius 3 is 2.60 bits per heavy atom. The summed E-state index contributed by atoms with van der Waals surface area (Å²) in [6.45, 7) is 22.9. The lowest BCUT2D eigenvalue weighted by Crippen LogP contribution is -2.56. The van der Waals surface area contributed by atoms with Crippen LogP contribution in [0.3, 0.4) is 0 Å². The second-order valence-electron chi connectivity index (χ2n) is 11.0. The maximum absolute atomic E-state index is 12.4. The average molecular weight is 676 g/mol. The van der Waals surface area contributed by atoms with Gasteiger partial charge in [-0.25, -0.2) is 9.98 Å². The lowest BCUT2D eigenvalue weighted by molar-refractivity contribution is -0.117. The number of carbonyl (C=O) groups is 1. The van der Waals surface area contributed by atoms with E-state index in [1.54, 1.807) is 43.4 Å². The summed E-state index contributed by atoms with van der Waals surface area (Å²) in [5.74, 6) is 6.78. The first-order chi connectivity index (χ1) is 24.4. The lowest BCUT2D eigenvalue weighted by atomic mass is 10.1. The molecule has 1 aliphatic carbocycles. The van der Waals surface area contributed by atoms with Crippen LogP contribution in [0.25, 0.3) is 0 Å². The third-order valence-electron chi connectivity index (χ3n) is 7.60. The molecule has 0 radical (unpaired) electrons. The Bertz CT molecular complexity index is 1660. The average Bonchev–Trinajstić information content (AvgIpc) is 3.31. The second-order valence-corrected chi connectivity index (χ2v) is 11.0. The highest BCUT2D eigenvalue weighted by Crippen LogP contribution is 2.18. The Kier molecular flexibility index (Phi) is 17.0. The number of piperazine rings is 1. The van der Waals surface area contributed by atoms with Gasteiger partial charge in [0.05, 0.1) is 31.4 Å². The molecule has 3 rings (SSSR count). The number of hydrogen-bond donors (Lipinski definition) is 2. The van der Waals surface area contributed by atoms with E-state index >= 15 is 0 Å². The van der Waals surface area contributed by atoms with Gasteiger partial charge in [-0.15, -0.1) is 0 Å². The second kappa shape index (κ2) is 22.0. The molecule has 0 bridgehead atoms. The molecule has 2 heterocycles. The van der Waals surface area contributed by atoms with E-state index in [0.29, 0.717) is 35.9 Å². The predicted octanol–water partition coefficient (Wildman–Crippen LogP) is 3.77. The van der Waals surface area contributed by atoms with Crippen molar-refractivity contribution in [2.45, 2.75) is 25.8 Å². The largest absolute Gasteiger partial charge is 0.490 e. The summed E-state index contributed by atoms with van der Waals surface area (Å²) in [6, 6.07) is 2.66. The lowest BCUT2D eigenvalue weighted by Gasteiger charge is -2.43. The molecular weight excluding hydrogens is 630 g/mol. The summed E-state index contributed by atoms with van der Waals surface area (Å²) < 4.78 is 11.1. The SMILES string of the molecule is C=C/C=C(\CC#CCC(=C)N1CCN(C2COC2)CC1)NC/N=C(\N=CN=C)C1=CC=C(OCCNC(=O)C(/C=C\C)=C/N=C)C(C#N)=C=C1. The highest BCUT2D eigenvalue weighted by molar-refractivity contribution is 6.05. The van der Waals surface area contributed by atoms with Crippen LogP contribution in [-0.4, -0.2) is 107 Å². The Balaban J connectivity index is 1.57. The van der Waals surface area contributed by atoms with E-state index in [0.717, 1.165) is 50.8 Å². The van der Waals surface area contributed by atoms with Crippen LogP contribution in [-0.2, 0) is 14.3 Å². The molecule has 0 aromatic heterocycles. The van der Waals surface area contributed by atoms with Gasteiger partial charge in [0.25, 0.3) is 5.91 Å². The third kappa shape index (κ3) is 12.7. The van der Waals surface area contributed by atoms with Gasteiger partial charge in [0.2, 0.25) is 0 Å². The van der Waals surface area contributed by atoms with Gasteiger partial charge in [0.1, 0.15) is 37.0 Å². The number of aliphatic imine (C=N–C) groups is 4. The molecular formula is C38H45N9O3. The number of nitrogens with zero attached hydrogens (tertiary/aromatic N) is 7. The van der Waals surface area contributed by atoms with Crippen LogP contribution >= 0.6 is 0 Å². The van der Waals surface area contributed by atoms with Crippen LogP contribution in [0, 0.1) is 23.2 Å². The quantitative estimate of drug-likeness (QED) is 0.0455. The van der Waals surface area contributed by atoms with Crippen molar-refractivity contribution in [3.05, 3.63) is 101 Å². The molecule has 1 amide bonds. The third-order valence-corrected chi connectivity index (χ3v) is 7.60. The van der Waals surface area contributed by atoms with E-state index in [1.165, 1.54) is 12.5 Å². The number of carbonyl (C=O) groups excluding carboxylic acids is 1. The summed E-state index contributed by atoms with van der Waals surface area (Å²) in [7, 11) is 0. The normalized spacial score (nSPS) is 17.3. The molecule has 0 aromatic rings. The Morgan fingerprint density at radius 2 is 1.94 bits per heavy atom. The van der Waals surface area contributed by atoms with Crippen molar-refractivity contribution in [2.75, 3.05) is 59.2 Å². The van der Waals surface area contributed by atoms with Crippen LogP contribution in [0.15, 0.2) is 121 Å². The van der Waals surface area contributed by atoms with Gasteiger partial charge in [0.15, 0.2) is 5.84 Å². The van der Waals surface area contributed by atoms with Crippen molar-refractivity contribution in [1.29, 1.82) is 5.26 Å². The minimum absolute atomic E-state index is 0.116. The van der Waals surface area contributed by atoms with Crippen LogP contribution in [0.5, 0.6) is 0 Å². The van der Waals surface area contributed by atoms with Crippen molar-refractivity contribution in [1.82, 2.24) is 20.4 Å². The molecule has 2 N–H and O–H groups in total. The fourth-order valence-corrected chi connectivity index (χ4v) is 4.86. The van der Waals surface area contributed by atoms with Gasteiger partial charge in [-0.05, 0) is 44.7 Å². The molecule has 3 aliphatic rings. The van der Waals surface area contributed by atoms with Gasteiger partial charge >= 0.3 is 0 Å². The molecule has 0 spiro atoms. The van der Waals surface area contributed by atoms with E-state index in [4.69, 9.17) is 9.47 Å². The van der Waals surface area contributed by atoms with E-state index in [2.05, 4.69) is 90.6 Å². The van der Waals surface area contributed by atoms with Crippen LogP contribution in [0.1, 0.15) is 19.8 Å². The zero-order chi connectivity index (χ0) is 36.0. The number of rotatable bonds is 17. The molecule has 2 fully saturated rings. The Morgan fingerprint density at radius 1 is 1.16 bits per heavy atom. The van der Waals surface area contributed by atoms with Crippen LogP contribution < -0.4 is 10.6 Å². The van der Waals surface area contributed by atoms with Gasteiger partial charge < -0.3 is 25.0 Å². The van der Waals surface area contributed by atoms with E-state index in [1.807, 2.05) is 6.08 Å². The zero-order valence-corrected chi connectivity index (χ0v) is 28.7. The van der Waals surface area contributed by atoms with E-state index < -0.39 is 0 Å². The number of nitrogens with one attached hydrogen (secondary N) is 2. The molecule has 50 heavy (non-hydrogen) atoms. The Labute approximate surface area is 295 Å². The molecule has 0 unspecified atom stereocenters. The number of nitriles is 1. The fraction of sp³-hybridized carbons (Fsp3) is 0.342. The zero-order valence-electron chi connectivity index (χ0n) is 28.7. The maximum atomic E-state index is 12.4. The van der Waals surface area contributed by atoms with Gasteiger partial charge in [-0.1, -0.05) is 49.0 Å². The van der Waals surface area contributed by atoms with Crippen LogP contribution in [0.2, 0.25) is 0 Å². The summed E-state index contributed by atoms with van der Waals surface area (Å²) in [5, 5.41) is 15.7. The minimum Gasteiger partial charge on any atom is -0.490 e. The molecule has 12 heteroatoms. The fourth-order valence-electron chi connectivity index (χ4n) is 4.86. The molecule has 0 atom stereocenters. The monoisotopic (exact) mass is 675 g/mol. The van der Waals surface area contributed by atoms with Gasteiger partial charge in [0, 0.05) is 62.2 Å². The van der Waals surface area contributed by atoms with Gasteiger partial charge in [-0.3, -0.25) is 19.7 Å². The maximum Gasteiger partial charge on any atom is 0.252 e. The number of amides is 1. The topological polar surface area (TPSA) is 139 Å².